The summed E-state index contributed by atoms with van der Waals surface area (Å²) >= 11 is 0. The highest BCUT2D eigenvalue weighted by molar-refractivity contribution is 6.05. The lowest BCUT2D eigenvalue weighted by Crippen LogP contribution is -2.29. The summed E-state index contributed by atoms with van der Waals surface area (Å²) in [5, 5.41) is 0.894. The predicted molar refractivity (Wildman–Crippen MR) is 77.9 cm³/mol. The van der Waals surface area contributed by atoms with E-state index in [9.17, 15) is 4.79 Å². The maximum atomic E-state index is 12.2. The van der Waals surface area contributed by atoms with E-state index in [1.54, 1.807) is 0 Å². The van der Waals surface area contributed by atoms with Crippen molar-refractivity contribution in [1.29, 1.82) is 0 Å². The minimum Gasteiger partial charge on any atom is -0.465 e. The summed E-state index contributed by atoms with van der Waals surface area (Å²) in [5.74, 6) is -0.269. The lowest BCUT2D eigenvalue weighted by atomic mass is 9.95. The molecule has 4 nitrogen and oxygen atoms in total. The van der Waals surface area contributed by atoms with Crippen molar-refractivity contribution >= 4 is 16.9 Å². The average Bonchev–Trinajstić information content (AvgIpc) is 2.44. The van der Waals surface area contributed by atoms with E-state index in [2.05, 4.69) is 11.9 Å². The van der Waals surface area contributed by atoms with Gasteiger partial charge in [-0.05, 0) is 26.1 Å². The first-order valence-corrected chi connectivity index (χ1v) is 6.79. The summed E-state index contributed by atoms with van der Waals surface area (Å²) in [6, 6.07) is 6.02. The molecule has 2 heterocycles. The van der Waals surface area contributed by atoms with Crippen LogP contribution in [0.1, 0.15) is 27.2 Å². The van der Waals surface area contributed by atoms with E-state index in [-0.39, 0.29) is 5.97 Å². The van der Waals surface area contributed by atoms with Gasteiger partial charge in [-0.15, -0.1) is 0 Å². The van der Waals surface area contributed by atoms with Gasteiger partial charge in [-0.2, -0.15) is 0 Å². The number of likely N-dealkylation sites (N-methyl/N-ethyl adjacent to an activating group) is 1. The highest BCUT2D eigenvalue weighted by Gasteiger charge is 2.24. The van der Waals surface area contributed by atoms with Gasteiger partial charge in [0.2, 0.25) is 0 Å². The van der Waals surface area contributed by atoms with Crippen LogP contribution >= 0.6 is 0 Å². The summed E-state index contributed by atoms with van der Waals surface area (Å²) in [4.78, 5) is 19.2. The van der Waals surface area contributed by atoms with Crippen LogP contribution in [0.15, 0.2) is 18.2 Å². The molecule has 2 aromatic rings. The Labute approximate surface area is 118 Å². The third kappa shape index (κ3) is 2.06. The minimum atomic E-state index is -0.269. The Kier molecular flexibility index (Phi) is 3.18. The fourth-order valence-electron chi connectivity index (χ4n) is 2.83. The second-order valence-corrected chi connectivity index (χ2v) is 5.41. The number of carbonyl (C=O) groups excluding carboxylic acids is 1. The fourth-order valence-corrected chi connectivity index (χ4v) is 2.83. The number of benzene rings is 1. The number of hydrogen-bond donors (Lipinski definition) is 0. The van der Waals surface area contributed by atoms with E-state index in [0.29, 0.717) is 5.56 Å². The molecular weight excluding hydrogens is 252 g/mol. The lowest BCUT2D eigenvalue weighted by Gasteiger charge is -2.26. The van der Waals surface area contributed by atoms with Gasteiger partial charge in [0.1, 0.15) is 0 Å². The molecule has 0 fully saturated rings. The van der Waals surface area contributed by atoms with Crippen molar-refractivity contribution < 1.29 is 9.53 Å². The molecule has 4 heteroatoms. The third-order valence-electron chi connectivity index (χ3n) is 3.87. The van der Waals surface area contributed by atoms with Crippen LogP contribution in [0.5, 0.6) is 0 Å². The van der Waals surface area contributed by atoms with Crippen molar-refractivity contribution in [3.05, 3.63) is 40.6 Å². The van der Waals surface area contributed by atoms with Crippen LogP contribution in [0.3, 0.4) is 0 Å². The molecule has 0 saturated heterocycles. The summed E-state index contributed by atoms with van der Waals surface area (Å²) in [6.45, 7) is 3.74. The highest BCUT2D eigenvalue weighted by atomic mass is 16.5. The Hall–Kier alpha value is -1.94. The molecular formula is C16H18N2O2. The fraction of sp³-hybridized carbons (Fsp3) is 0.375. The SMILES string of the molecule is COC(=O)c1c2c(nc3ccc(C)cc13)CCN(C)C2. The maximum Gasteiger partial charge on any atom is 0.338 e. The first-order valence-electron chi connectivity index (χ1n) is 6.79. The molecule has 0 radical (unpaired) electrons. The number of hydrogen-bond acceptors (Lipinski definition) is 4. The minimum absolute atomic E-state index is 0.269. The van der Waals surface area contributed by atoms with Crippen molar-refractivity contribution in [2.24, 2.45) is 0 Å². The zero-order valence-electron chi connectivity index (χ0n) is 12.1. The molecule has 3 rings (SSSR count). The molecule has 1 aromatic carbocycles. The third-order valence-corrected chi connectivity index (χ3v) is 3.87. The Morgan fingerprint density at radius 3 is 2.95 bits per heavy atom. The van der Waals surface area contributed by atoms with E-state index in [1.165, 1.54) is 7.11 Å². The first-order chi connectivity index (χ1) is 9.60. The van der Waals surface area contributed by atoms with Gasteiger partial charge < -0.3 is 9.64 Å². The number of ether oxygens (including phenoxy) is 1. The molecule has 0 amide bonds. The molecule has 0 atom stereocenters. The van der Waals surface area contributed by atoms with Gasteiger partial charge in [0.05, 0.1) is 18.2 Å². The number of methoxy groups -OCH3 is 1. The molecule has 0 spiro atoms. The van der Waals surface area contributed by atoms with Crippen LogP contribution in [0.2, 0.25) is 0 Å². The molecule has 1 aliphatic heterocycles. The number of carbonyl (C=O) groups is 1. The maximum absolute atomic E-state index is 12.2. The molecule has 1 aliphatic rings. The second-order valence-electron chi connectivity index (χ2n) is 5.41. The van der Waals surface area contributed by atoms with Gasteiger partial charge in [-0.1, -0.05) is 11.6 Å². The quantitative estimate of drug-likeness (QED) is 0.746. The van der Waals surface area contributed by atoms with Gasteiger partial charge >= 0.3 is 5.97 Å². The van der Waals surface area contributed by atoms with Crippen molar-refractivity contribution in [3.63, 3.8) is 0 Å². The lowest BCUT2D eigenvalue weighted by molar-refractivity contribution is 0.0600. The van der Waals surface area contributed by atoms with Crippen LogP contribution in [0.25, 0.3) is 10.9 Å². The number of fused-ring (bicyclic) bond motifs is 2. The van der Waals surface area contributed by atoms with E-state index in [4.69, 9.17) is 9.72 Å². The molecule has 104 valence electrons. The topological polar surface area (TPSA) is 42.4 Å². The van der Waals surface area contributed by atoms with Crippen molar-refractivity contribution in [2.75, 3.05) is 20.7 Å². The summed E-state index contributed by atoms with van der Waals surface area (Å²) in [7, 11) is 3.49. The standard InChI is InChI=1S/C16H18N2O2/c1-10-4-5-13-11(8-10)15(16(19)20-3)12-9-18(2)7-6-14(12)17-13/h4-5,8H,6-7,9H2,1-3H3. The molecule has 1 aromatic heterocycles. The van der Waals surface area contributed by atoms with Crippen LogP contribution in [-0.2, 0) is 17.7 Å². The number of esters is 1. The molecule has 0 saturated carbocycles. The number of rotatable bonds is 1. The monoisotopic (exact) mass is 270 g/mol. The Morgan fingerprint density at radius 2 is 2.20 bits per heavy atom. The van der Waals surface area contributed by atoms with E-state index < -0.39 is 0 Å². The van der Waals surface area contributed by atoms with Gasteiger partial charge in [-0.25, -0.2) is 4.79 Å². The second kappa shape index (κ2) is 4.87. The summed E-state index contributed by atoms with van der Waals surface area (Å²) in [6.07, 6.45) is 0.875. The van der Waals surface area contributed by atoms with Gasteiger partial charge in [0, 0.05) is 36.2 Å². The molecule has 20 heavy (non-hydrogen) atoms. The van der Waals surface area contributed by atoms with Crippen molar-refractivity contribution in [1.82, 2.24) is 9.88 Å². The Bertz CT molecular complexity index is 694. The number of nitrogens with zero attached hydrogens (tertiary/aromatic N) is 2. The van der Waals surface area contributed by atoms with Crippen molar-refractivity contribution in [3.8, 4) is 0 Å². The predicted octanol–water partition coefficient (Wildman–Crippen LogP) is 2.32. The van der Waals surface area contributed by atoms with E-state index in [0.717, 1.165) is 47.2 Å². The van der Waals surface area contributed by atoms with Crippen molar-refractivity contribution in [2.45, 2.75) is 19.9 Å². The summed E-state index contributed by atoms with van der Waals surface area (Å²) in [5.41, 5.74) is 4.72. The normalized spacial score (nSPS) is 15.2. The number of aromatic nitrogens is 1. The largest absolute Gasteiger partial charge is 0.465 e. The zero-order chi connectivity index (χ0) is 14.3. The summed E-state index contributed by atoms with van der Waals surface area (Å²) < 4.78 is 5.00. The van der Waals surface area contributed by atoms with Gasteiger partial charge in [0.15, 0.2) is 0 Å². The van der Waals surface area contributed by atoms with E-state index in [1.807, 2.05) is 25.1 Å². The van der Waals surface area contributed by atoms with Gasteiger partial charge in [0.25, 0.3) is 0 Å². The molecule has 0 unspecified atom stereocenters. The molecule has 0 N–H and O–H groups in total. The van der Waals surface area contributed by atoms with E-state index >= 15 is 0 Å². The van der Waals surface area contributed by atoms with Crippen LogP contribution in [0.4, 0.5) is 0 Å². The van der Waals surface area contributed by atoms with Crippen LogP contribution in [0, 0.1) is 6.92 Å². The van der Waals surface area contributed by atoms with Crippen LogP contribution in [-0.4, -0.2) is 36.6 Å². The van der Waals surface area contributed by atoms with Gasteiger partial charge in [-0.3, -0.25) is 4.98 Å². The Morgan fingerprint density at radius 1 is 1.40 bits per heavy atom. The first kappa shape index (κ1) is 13.1. The smallest absolute Gasteiger partial charge is 0.338 e. The zero-order valence-corrected chi connectivity index (χ0v) is 12.1. The number of aryl methyl sites for hydroxylation is 1. The highest BCUT2D eigenvalue weighted by Crippen LogP contribution is 2.28. The number of pyridine rings is 1. The van der Waals surface area contributed by atoms with Crippen LogP contribution < -0.4 is 0 Å². The Balaban J connectivity index is 2.35. The average molecular weight is 270 g/mol. The molecule has 0 aliphatic carbocycles. The molecule has 0 bridgehead atoms.